The molecule has 0 saturated carbocycles. The van der Waals surface area contributed by atoms with Crippen LogP contribution >= 0.6 is 0 Å². The maximum absolute atomic E-state index is 11.3. The van der Waals surface area contributed by atoms with Gasteiger partial charge < -0.3 is 4.74 Å². The van der Waals surface area contributed by atoms with Gasteiger partial charge in [0.2, 0.25) is 0 Å². The van der Waals surface area contributed by atoms with Crippen LogP contribution in [0.3, 0.4) is 0 Å². The van der Waals surface area contributed by atoms with E-state index in [1.165, 1.54) is 24.4 Å². The van der Waals surface area contributed by atoms with Gasteiger partial charge in [-0.2, -0.15) is 5.10 Å². The van der Waals surface area contributed by atoms with E-state index in [2.05, 4.69) is 10.5 Å². The van der Waals surface area contributed by atoms with Crippen molar-refractivity contribution < 1.29 is 14.5 Å². The fourth-order valence-electron chi connectivity index (χ4n) is 1.38. The molecule has 0 radical (unpaired) electrons. The van der Waals surface area contributed by atoms with E-state index in [0.717, 1.165) is 0 Å². The first kappa shape index (κ1) is 16.4. The molecule has 0 aliphatic carbocycles. The minimum absolute atomic E-state index is 0.00208. The normalized spacial score (nSPS) is 11.8. The zero-order chi connectivity index (χ0) is 15.9. The van der Waals surface area contributed by atoms with Crippen LogP contribution in [0.4, 0.5) is 10.5 Å². The fourth-order valence-corrected chi connectivity index (χ4v) is 1.38. The van der Waals surface area contributed by atoms with Crippen LogP contribution in [-0.2, 0) is 4.74 Å². The standard InChI is InChI=1S/C14H17N3O4/c1-14(2,3)21-13(18)16-15-10-6-8-11-7-4-5-9-12(11)17(19)20/h4-10H,1-3H3,(H,16,18)/b8-6+,15-10+. The van der Waals surface area contributed by atoms with Crippen LogP contribution in [-0.4, -0.2) is 22.8 Å². The Bertz CT molecular complexity index is 574. The summed E-state index contributed by atoms with van der Waals surface area (Å²) in [5.41, 5.74) is 2.04. The number of amides is 1. The van der Waals surface area contributed by atoms with Gasteiger partial charge in [-0.1, -0.05) is 12.1 Å². The number of hydrazone groups is 1. The van der Waals surface area contributed by atoms with Crippen LogP contribution in [0.5, 0.6) is 0 Å². The predicted octanol–water partition coefficient (Wildman–Crippen LogP) is 3.12. The molecule has 0 saturated heterocycles. The Morgan fingerprint density at radius 2 is 2.05 bits per heavy atom. The molecule has 0 unspecified atom stereocenters. The van der Waals surface area contributed by atoms with Crippen LogP contribution < -0.4 is 5.43 Å². The molecule has 0 heterocycles. The van der Waals surface area contributed by atoms with E-state index < -0.39 is 16.6 Å². The lowest BCUT2D eigenvalue weighted by atomic mass is 10.2. The molecule has 1 N–H and O–H groups in total. The molecule has 0 aromatic heterocycles. The number of para-hydroxylation sites is 1. The Labute approximate surface area is 122 Å². The predicted molar refractivity (Wildman–Crippen MR) is 80.0 cm³/mol. The van der Waals surface area contributed by atoms with Crippen LogP contribution in [0.25, 0.3) is 6.08 Å². The molecule has 21 heavy (non-hydrogen) atoms. The number of nitro benzene ring substituents is 1. The Morgan fingerprint density at radius 3 is 2.67 bits per heavy atom. The molecule has 1 aromatic rings. The summed E-state index contributed by atoms with van der Waals surface area (Å²) >= 11 is 0. The van der Waals surface area contributed by atoms with Gasteiger partial charge in [-0.15, -0.1) is 0 Å². The summed E-state index contributed by atoms with van der Waals surface area (Å²) in [7, 11) is 0. The van der Waals surface area contributed by atoms with Crippen LogP contribution in [0, 0.1) is 10.1 Å². The van der Waals surface area contributed by atoms with Gasteiger partial charge in [-0.05, 0) is 39.0 Å². The molecule has 0 aliphatic rings. The van der Waals surface area contributed by atoms with Crippen LogP contribution in [0.1, 0.15) is 26.3 Å². The second kappa shape index (κ2) is 7.18. The van der Waals surface area contributed by atoms with Crippen LogP contribution in [0.2, 0.25) is 0 Å². The number of allylic oxidation sites excluding steroid dienone is 1. The van der Waals surface area contributed by atoms with E-state index in [1.54, 1.807) is 39.0 Å². The summed E-state index contributed by atoms with van der Waals surface area (Å²) < 4.78 is 4.98. The van der Waals surface area contributed by atoms with Crippen molar-refractivity contribution in [1.29, 1.82) is 0 Å². The van der Waals surface area contributed by atoms with Crippen molar-refractivity contribution in [2.75, 3.05) is 0 Å². The topological polar surface area (TPSA) is 93.8 Å². The average Bonchev–Trinajstić information content (AvgIpc) is 2.36. The highest BCUT2D eigenvalue weighted by Crippen LogP contribution is 2.18. The Morgan fingerprint density at radius 1 is 1.38 bits per heavy atom. The van der Waals surface area contributed by atoms with Crippen molar-refractivity contribution >= 4 is 24.1 Å². The fraction of sp³-hybridized carbons (Fsp3) is 0.286. The Hall–Kier alpha value is -2.70. The molecule has 1 rings (SSSR count). The van der Waals surface area contributed by atoms with E-state index in [-0.39, 0.29) is 5.69 Å². The maximum atomic E-state index is 11.3. The summed E-state index contributed by atoms with van der Waals surface area (Å²) in [6.07, 6.45) is 3.65. The summed E-state index contributed by atoms with van der Waals surface area (Å²) in [6.45, 7) is 5.22. The highest BCUT2D eigenvalue weighted by atomic mass is 16.6. The van der Waals surface area contributed by atoms with Gasteiger partial charge in [0.05, 0.1) is 10.5 Å². The van der Waals surface area contributed by atoms with Gasteiger partial charge in [-0.25, -0.2) is 10.2 Å². The molecule has 0 fully saturated rings. The number of nitrogens with zero attached hydrogens (tertiary/aromatic N) is 2. The molecule has 7 heteroatoms. The van der Waals surface area contributed by atoms with Crippen molar-refractivity contribution in [2.45, 2.75) is 26.4 Å². The number of rotatable bonds is 4. The molecular formula is C14H17N3O4. The highest BCUT2D eigenvalue weighted by molar-refractivity contribution is 5.81. The SMILES string of the molecule is CC(C)(C)OC(=O)N/N=C/C=C/c1ccccc1[N+](=O)[O-]. The second-order valence-electron chi connectivity index (χ2n) is 5.07. The Balaban J connectivity index is 2.57. The number of carbonyl (C=O) groups excluding carboxylic acids is 1. The molecule has 0 atom stereocenters. The molecular weight excluding hydrogens is 274 g/mol. The lowest BCUT2D eigenvalue weighted by Gasteiger charge is -2.18. The number of carbonyl (C=O) groups is 1. The minimum Gasteiger partial charge on any atom is -0.443 e. The van der Waals surface area contributed by atoms with E-state index in [1.807, 2.05) is 0 Å². The van der Waals surface area contributed by atoms with Gasteiger partial charge >= 0.3 is 6.09 Å². The maximum Gasteiger partial charge on any atom is 0.428 e. The summed E-state index contributed by atoms with van der Waals surface area (Å²) in [6, 6.07) is 6.32. The third-order valence-corrected chi connectivity index (χ3v) is 2.12. The third-order valence-electron chi connectivity index (χ3n) is 2.12. The van der Waals surface area contributed by atoms with E-state index in [9.17, 15) is 14.9 Å². The largest absolute Gasteiger partial charge is 0.443 e. The van der Waals surface area contributed by atoms with Gasteiger partial charge in [0.15, 0.2) is 0 Å². The molecule has 0 spiro atoms. The zero-order valence-corrected chi connectivity index (χ0v) is 12.1. The molecule has 0 bridgehead atoms. The first-order chi connectivity index (χ1) is 9.79. The first-order valence-electron chi connectivity index (χ1n) is 6.22. The Kier molecular flexibility index (Phi) is 5.59. The second-order valence-corrected chi connectivity index (χ2v) is 5.07. The third kappa shape index (κ3) is 6.33. The van der Waals surface area contributed by atoms with Crippen LogP contribution in [0.15, 0.2) is 35.4 Å². The molecule has 0 aliphatic heterocycles. The summed E-state index contributed by atoms with van der Waals surface area (Å²) in [4.78, 5) is 21.6. The number of nitro groups is 1. The van der Waals surface area contributed by atoms with Gasteiger partial charge in [0.1, 0.15) is 5.60 Å². The quantitative estimate of drug-likeness (QED) is 0.524. The average molecular weight is 291 g/mol. The molecule has 7 nitrogen and oxygen atoms in total. The lowest BCUT2D eigenvalue weighted by Crippen LogP contribution is -2.29. The number of benzene rings is 1. The molecule has 1 amide bonds. The van der Waals surface area contributed by atoms with Crippen molar-refractivity contribution in [2.24, 2.45) is 5.10 Å². The highest BCUT2D eigenvalue weighted by Gasteiger charge is 2.15. The van der Waals surface area contributed by atoms with Gasteiger partial charge in [0, 0.05) is 12.3 Å². The lowest BCUT2D eigenvalue weighted by molar-refractivity contribution is -0.385. The van der Waals surface area contributed by atoms with Crippen molar-refractivity contribution in [3.8, 4) is 0 Å². The zero-order valence-electron chi connectivity index (χ0n) is 12.1. The van der Waals surface area contributed by atoms with Crippen molar-refractivity contribution in [3.05, 3.63) is 46.0 Å². The smallest absolute Gasteiger partial charge is 0.428 e. The van der Waals surface area contributed by atoms with Crippen molar-refractivity contribution in [3.63, 3.8) is 0 Å². The van der Waals surface area contributed by atoms with Gasteiger partial charge in [-0.3, -0.25) is 10.1 Å². The minimum atomic E-state index is -0.669. The van der Waals surface area contributed by atoms with E-state index in [4.69, 9.17) is 4.74 Å². The van der Waals surface area contributed by atoms with Crippen molar-refractivity contribution in [1.82, 2.24) is 5.43 Å². The number of ether oxygens (including phenoxy) is 1. The monoisotopic (exact) mass is 291 g/mol. The molecule has 1 aromatic carbocycles. The van der Waals surface area contributed by atoms with Gasteiger partial charge in [0.25, 0.3) is 5.69 Å². The summed E-state index contributed by atoms with van der Waals surface area (Å²) in [5, 5.41) is 14.4. The van der Waals surface area contributed by atoms with E-state index >= 15 is 0 Å². The first-order valence-corrected chi connectivity index (χ1v) is 6.22. The molecule has 112 valence electrons. The van der Waals surface area contributed by atoms with E-state index in [0.29, 0.717) is 5.56 Å². The summed E-state index contributed by atoms with van der Waals surface area (Å²) in [5.74, 6) is 0. The number of nitrogens with one attached hydrogen (secondary N) is 1. The number of hydrogen-bond acceptors (Lipinski definition) is 5. The number of hydrogen-bond donors (Lipinski definition) is 1.